The third kappa shape index (κ3) is 6.02. The summed E-state index contributed by atoms with van der Waals surface area (Å²) in [6, 6.07) is 2.13. The molecule has 25 heavy (non-hydrogen) atoms. The first-order valence-corrected chi connectivity index (χ1v) is 8.93. The molecule has 0 spiro atoms. The van der Waals surface area contributed by atoms with Gasteiger partial charge in [-0.1, -0.05) is 5.16 Å². The molecule has 2 heterocycles. The van der Waals surface area contributed by atoms with Gasteiger partial charge in [0.2, 0.25) is 0 Å². The van der Waals surface area contributed by atoms with E-state index < -0.39 is 0 Å². The number of halogens is 2. The largest absolute Gasteiger partial charge is 0.361 e. The van der Waals surface area contributed by atoms with E-state index >= 15 is 0 Å². The molecule has 0 saturated heterocycles. The number of nitrogens with one attached hydrogen (secondary N) is 1. The number of aromatic nitrogens is 2. The van der Waals surface area contributed by atoms with Crippen molar-refractivity contribution in [2.75, 3.05) is 20.1 Å². The molecule has 0 saturated carbocycles. The van der Waals surface area contributed by atoms with Crippen molar-refractivity contribution >= 4 is 45.9 Å². The van der Waals surface area contributed by atoms with Crippen LogP contribution in [0, 0.1) is 13.8 Å². The molecule has 0 atom stereocenters. The summed E-state index contributed by atoms with van der Waals surface area (Å²) in [4.78, 5) is 6.88. The Morgan fingerprint density at radius 3 is 2.68 bits per heavy atom. The Morgan fingerprint density at radius 2 is 2.16 bits per heavy atom. The lowest BCUT2D eigenvalue weighted by atomic mass is 10.1. The van der Waals surface area contributed by atoms with Crippen LogP contribution >= 0.6 is 39.9 Å². The summed E-state index contributed by atoms with van der Waals surface area (Å²) in [5.41, 5.74) is 3.33. The number of rotatable bonds is 6. The smallest absolute Gasteiger partial charge is 0.194 e. The number of hydrogen-bond acceptors (Lipinski definition) is 3. The number of aliphatic imine (C=N–C) groups is 1. The van der Waals surface area contributed by atoms with Crippen LogP contribution in [0.2, 0.25) is 0 Å². The molecule has 2 aromatic heterocycles. The van der Waals surface area contributed by atoms with E-state index in [9.17, 15) is 0 Å². The molecule has 0 unspecified atom stereocenters. The maximum atomic E-state index is 5.21. The predicted octanol–water partition coefficient (Wildman–Crippen LogP) is 3.65. The number of aryl methyl sites for hydroxylation is 3. The molecule has 0 fully saturated rings. The zero-order valence-electron chi connectivity index (χ0n) is 15.5. The van der Waals surface area contributed by atoms with Crippen LogP contribution in [0.15, 0.2) is 26.3 Å². The molecule has 0 aliphatic heterocycles. The molecule has 0 aliphatic carbocycles. The van der Waals surface area contributed by atoms with E-state index in [1.54, 1.807) is 0 Å². The van der Waals surface area contributed by atoms with Gasteiger partial charge in [-0.25, -0.2) is 0 Å². The highest BCUT2D eigenvalue weighted by atomic mass is 127. The fourth-order valence-corrected chi connectivity index (χ4v) is 3.21. The molecule has 0 aromatic carbocycles. The Morgan fingerprint density at radius 1 is 1.44 bits per heavy atom. The van der Waals surface area contributed by atoms with E-state index in [1.165, 1.54) is 5.69 Å². The summed E-state index contributed by atoms with van der Waals surface area (Å²) in [5.74, 6) is 1.79. The molecule has 1 N–H and O–H groups in total. The molecule has 6 nitrogen and oxygen atoms in total. The van der Waals surface area contributed by atoms with Gasteiger partial charge in [0.1, 0.15) is 5.76 Å². The van der Waals surface area contributed by atoms with Gasteiger partial charge in [-0.2, -0.15) is 0 Å². The van der Waals surface area contributed by atoms with E-state index in [0.717, 1.165) is 47.0 Å². The average Bonchev–Trinajstić information content (AvgIpc) is 3.01. The zero-order chi connectivity index (χ0) is 17.7. The summed E-state index contributed by atoms with van der Waals surface area (Å²) < 4.78 is 8.42. The highest BCUT2D eigenvalue weighted by Gasteiger charge is 2.11. The van der Waals surface area contributed by atoms with Crippen LogP contribution in [-0.4, -0.2) is 40.7 Å². The zero-order valence-corrected chi connectivity index (χ0v) is 19.4. The van der Waals surface area contributed by atoms with Crippen LogP contribution in [0.25, 0.3) is 0 Å². The van der Waals surface area contributed by atoms with Crippen molar-refractivity contribution in [1.29, 1.82) is 0 Å². The lowest BCUT2D eigenvalue weighted by Crippen LogP contribution is -2.39. The van der Waals surface area contributed by atoms with Gasteiger partial charge < -0.3 is 19.3 Å². The van der Waals surface area contributed by atoms with E-state index in [4.69, 9.17) is 9.52 Å². The Balaban J connectivity index is 0.00000312. The third-order valence-corrected chi connectivity index (χ3v) is 4.41. The summed E-state index contributed by atoms with van der Waals surface area (Å²) in [5, 5.41) is 7.35. The fourth-order valence-electron chi connectivity index (χ4n) is 2.64. The van der Waals surface area contributed by atoms with Crippen molar-refractivity contribution in [2.45, 2.75) is 33.7 Å². The number of guanidine groups is 1. The molecule has 2 aromatic rings. The highest BCUT2D eigenvalue weighted by Crippen LogP contribution is 2.15. The van der Waals surface area contributed by atoms with Crippen molar-refractivity contribution in [3.05, 3.63) is 39.4 Å². The molecule has 0 aliphatic rings. The second-order valence-corrected chi connectivity index (χ2v) is 6.82. The first-order chi connectivity index (χ1) is 11.4. The van der Waals surface area contributed by atoms with Gasteiger partial charge in [0.25, 0.3) is 0 Å². The van der Waals surface area contributed by atoms with Crippen molar-refractivity contribution in [3.63, 3.8) is 0 Å². The molecule has 0 amide bonds. The van der Waals surface area contributed by atoms with Crippen LogP contribution in [0.1, 0.15) is 29.6 Å². The van der Waals surface area contributed by atoms with Gasteiger partial charge in [0.15, 0.2) is 5.96 Å². The SMILES string of the molecule is CCNC(=NCCc1c(C)noc1C)N(C)Cc1cc(Br)cn1C.I. The Kier molecular flexibility index (Phi) is 8.98. The Bertz CT molecular complexity index is 690. The van der Waals surface area contributed by atoms with Crippen LogP contribution in [0.5, 0.6) is 0 Å². The standard InChI is InChI=1S/C17H26BrN5O.HI/c1-6-19-17(20-8-7-16-12(2)21-24-13(16)3)23(5)11-15-9-14(18)10-22(15)4;/h9-10H,6-8,11H2,1-5H3,(H,19,20);1H. The van der Waals surface area contributed by atoms with Crippen molar-refractivity contribution in [3.8, 4) is 0 Å². The van der Waals surface area contributed by atoms with Crippen LogP contribution < -0.4 is 5.32 Å². The monoisotopic (exact) mass is 523 g/mol. The lowest BCUT2D eigenvalue weighted by molar-refractivity contribution is 0.392. The molecule has 140 valence electrons. The topological polar surface area (TPSA) is 58.6 Å². The molecule has 0 bridgehead atoms. The number of nitrogens with zero attached hydrogens (tertiary/aromatic N) is 4. The Hall–Kier alpha value is -1.03. The van der Waals surface area contributed by atoms with Gasteiger partial charge in [0.05, 0.1) is 12.2 Å². The summed E-state index contributed by atoms with van der Waals surface area (Å²) >= 11 is 3.52. The average molecular weight is 524 g/mol. The van der Waals surface area contributed by atoms with Gasteiger partial charge in [-0.3, -0.25) is 4.99 Å². The number of hydrogen-bond donors (Lipinski definition) is 1. The maximum absolute atomic E-state index is 5.21. The van der Waals surface area contributed by atoms with Gasteiger partial charge in [-0.15, -0.1) is 24.0 Å². The lowest BCUT2D eigenvalue weighted by Gasteiger charge is -2.22. The van der Waals surface area contributed by atoms with Crippen LogP contribution in [0.4, 0.5) is 0 Å². The molecule has 8 heteroatoms. The second-order valence-electron chi connectivity index (χ2n) is 5.91. The summed E-state index contributed by atoms with van der Waals surface area (Å²) in [7, 11) is 4.10. The van der Waals surface area contributed by atoms with Crippen LogP contribution in [-0.2, 0) is 20.0 Å². The van der Waals surface area contributed by atoms with E-state index in [2.05, 4.69) is 69.2 Å². The summed E-state index contributed by atoms with van der Waals surface area (Å²) in [6.07, 6.45) is 2.89. The quantitative estimate of drug-likeness (QED) is 0.356. The summed E-state index contributed by atoms with van der Waals surface area (Å²) in [6.45, 7) is 8.33. The first-order valence-electron chi connectivity index (χ1n) is 8.14. The molecular formula is C17H27BrIN5O. The highest BCUT2D eigenvalue weighted by molar-refractivity contribution is 14.0. The van der Waals surface area contributed by atoms with Gasteiger partial charge in [-0.05, 0) is 49.2 Å². The van der Waals surface area contributed by atoms with Gasteiger partial charge in [0, 0.05) is 49.1 Å². The minimum absolute atomic E-state index is 0. The van der Waals surface area contributed by atoms with Gasteiger partial charge >= 0.3 is 0 Å². The Labute approximate surface area is 175 Å². The normalized spacial score (nSPS) is 11.4. The molecular weight excluding hydrogens is 497 g/mol. The predicted molar refractivity (Wildman–Crippen MR) is 116 cm³/mol. The fraction of sp³-hybridized carbons (Fsp3) is 0.529. The minimum atomic E-state index is 0. The van der Waals surface area contributed by atoms with Crippen molar-refractivity contribution in [2.24, 2.45) is 12.0 Å². The maximum Gasteiger partial charge on any atom is 0.194 e. The first kappa shape index (κ1) is 22.0. The van der Waals surface area contributed by atoms with Crippen LogP contribution in [0.3, 0.4) is 0 Å². The van der Waals surface area contributed by atoms with E-state index in [-0.39, 0.29) is 24.0 Å². The van der Waals surface area contributed by atoms with Crippen molar-refractivity contribution < 1.29 is 4.52 Å². The minimum Gasteiger partial charge on any atom is -0.361 e. The third-order valence-electron chi connectivity index (χ3n) is 3.97. The second kappa shape index (κ2) is 10.2. The van der Waals surface area contributed by atoms with E-state index in [1.807, 2.05) is 13.8 Å². The van der Waals surface area contributed by atoms with Crippen molar-refractivity contribution in [1.82, 2.24) is 19.9 Å². The molecule has 2 rings (SSSR count). The molecule has 0 radical (unpaired) electrons. The van der Waals surface area contributed by atoms with E-state index in [0.29, 0.717) is 6.54 Å².